The van der Waals surface area contributed by atoms with Crippen LogP contribution in [-0.4, -0.2) is 23.0 Å². The number of H-pyrrole nitrogens is 1. The number of aryl methyl sites for hydroxylation is 2. The Bertz CT molecular complexity index is 658. The van der Waals surface area contributed by atoms with Crippen LogP contribution in [0.25, 0.3) is 11.3 Å². The minimum Gasteiger partial charge on any atom is -0.465 e. The lowest BCUT2D eigenvalue weighted by Gasteiger charge is -2.05. The topological polar surface area (TPSA) is 55.0 Å². The van der Waals surface area contributed by atoms with Gasteiger partial charge in [0.1, 0.15) is 4.88 Å². The third-order valence-electron chi connectivity index (χ3n) is 2.48. The molecule has 0 spiro atoms. The van der Waals surface area contributed by atoms with E-state index >= 15 is 0 Å². The van der Waals surface area contributed by atoms with Gasteiger partial charge >= 0.3 is 5.97 Å². The van der Waals surface area contributed by atoms with E-state index in [9.17, 15) is 4.79 Å². The summed E-state index contributed by atoms with van der Waals surface area (Å²) in [6, 6.07) is 1.87. The van der Waals surface area contributed by atoms with Gasteiger partial charge in [0.05, 0.1) is 12.8 Å². The number of carbonyl (C=O) groups is 1. The first-order valence-electron chi connectivity index (χ1n) is 5.27. The van der Waals surface area contributed by atoms with Gasteiger partial charge in [0, 0.05) is 11.3 Å². The predicted molar refractivity (Wildman–Crippen MR) is 73.5 cm³/mol. The molecule has 0 atom stereocenters. The number of esters is 1. The van der Waals surface area contributed by atoms with Crippen LogP contribution in [0.5, 0.6) is 0 Å². The molecule has 0 bridgehead atoms. The van der Waals surface area contributed by atoms with E-state index in [0.29, 0.717) is 15.3 Å². The molecule has 0 saturated heterocycles. The van der Waals surface area contributed by atoms with Crippen LogP contribution in [0.2, 0.25) is 0 Å². The molecule has 0 unspecified atom stereocenters. The molecule has 2 rings (SSSR count). The minimum atomic E-state index is -0.346. The summed E-state index contributed by atoms with van der Waals surface area (Å²) in [5, 5.41) is 1.92. The standard InChI is InChI=1S/C12H12N2O2S2/c1-6-5-18-10(11(15)16-3)9(6)8-4-7(2)13-12(17)14-8/h4-5H,1-3H3,(H,13,14,17). The maximum Gasteiger partial charge on any atom is 0.348 e. The van der Waals surface area contributed by atoms with Gasteiger partial charge in [-0.05, 0) is 43.1 Å². The second-order valence-corrected chi connectivity index (χ2v) is 5.14. The maximum atomic E-state index is 11.7. The molecule has 0 aliphatic heterocycles. The summed E-state index contributed by atoms with van der Waals surface area (Å²) in [4.78, 5) is 19.5. The summed E-state index contributed by atoms with van der Waals surface area (Å²) in [7, 11) is 1.37. The van der Waals surface area contributed by atoms with Gasteiger partial charge in [-0.1, -0.05) is 0 Å². The summed E-state index contributed by atoms with van der Waals surface area (Å²) in [6.07, 6.45) is 0. The third kappa shape index (κ3) is 2.34. The second kappa shape index (κ2) is 4.99. The normalized spacial score (nSPS) is 10.4. The Morgan fingerprint density at radius 2 is 2.22 bits per heavy atom. The highest BCUT2D eigenvalue weighted by molar-refractivity contribution is 7.71. The van der Waals surface area contributed by atoms with Crippen molar-refractivity contribution in [3.63, 3.8) is 0 Å². The van der Waals surface area contributed by atoms with Gasteiger partial charge < -0.3 is 9.72 Å². The largest absolute Gasteiger partial charge is 0.465 e. The molecule has 2 aromatic heterocycles. The molecule has 6 heteroatoms. The monoisotopic (exact) mass is 280 g/mol. The molecule has 0 fully saturated rings. The van der Waals surface area contributed by atoms with Crippen LogP contribution in [0.15, 0.2) is 11.4 Å². The lowest BCUT2D eigenvalue weighted by atomic mass is 10.1. The summed E-state index contributed by atoms with van der Waals surface area (Å²) < 4.78 is 5.19. The Labute approximate surface area is 114 Å². The number of nitrogens with zero attached hydrogens (tertiary/aromatic N) is 1. The number of thiophene rings is 1. The first-order valence-corrected chi connectivity index (χ1v) is 6.56. The molecule has 18 heavy (non-hydrogen) atoms. The SMILES string of the molecule is COC(=O)c1scc(C)c1-c1cc(C)[nH]c(=S)n1. The second-order valence-electron chi connectivity index (χ2n) is 3.87. The van der Waals surface area contributed by atoms with Crippen LogP contribution < -0.4 is 0 Å². The van der Waals surface area contributed by atoms with Crippen molar-refractivity contribution in [2.45, 2.75) is 13.8 Å². The molecule has 0 aromatic carbocycles. The first kappa shape index (κ1) is 12.9. The lowest BCUT2D eigenvalue weighted by Crippen LogP contribution is -2.01. The van der Waals surface area contributed by atoms with Crippen molar-refractivity contribution in [3.8, 4) is 11.3 Å². The molecule has 1 N–H and O–H groups in total. The number of nitrogens with one attached hydrogen (secondary N) is 1. The Kier molecular flexibility index (Phi) is 3.58. The molecule has 0 radical (unpaired) electrons. The zero-order chi connectivity index (χ0) is 13.3. The van der Waals surface area contributed by atoms with E-state index in [1.807, 2.05) is 25.3 Å². The van der Waals surface area contributed by atoms with E-state index in [1.54, 1.807) is 0 Å². The van der Waals surface area contributed by atoms with E-state index < -0.39 is 0 Å². The number of rotatable bonds is 2. The van der Waals surface area contributed by atoms with Gasteiger partial charge in [-0.25, -0.2) is 9.78 Å². The Morgan fingerprint density at radius 1 is 1.50 bits per heavy atom. The molecular formula is C12H12N2O2S2. The number of aromatic nitrogens is 2. The van der Waals surface area contributed by atoms with Gasteiger partial charge in [0.15, 0.2) is 4.77 Å². The number of hydrogen-bond acceptors (Lipinski definition) is 5. The fourth-order valence-corrected chi connectivity index (χ4v) is 2.95. The molecular weight excluding hydrogens is 268 g/mol. The highest BCUT2D eigenvalue weighted by Crippen LogP contribution is 2.31. The molecule has 2 aromatic rings. The van der Waals surface area contributed by atoms with Crippen molar-refractivity contribution in [1.29, 1.82) is 0 Å². The van der Waals surface area contributed by atoms with Crippen LogP contribution in [0.3, 0.4) is 0 Å². The smallest absolute Gasteiger partial charge is 0.348 e. The number of ether oxygens (including phenoxy) is 1. The molecule has 4 nitrogen and oxygen atoms in total. The zero-order valence-corrected chi connectivity index (χ0v) is 11.9. The van der Waals surface area contributed by atoms with E-state index in [2.05, 4.69) is 9.97 Å². The average Bonchev–Trinajstić information content (AvgIpc) is 2.69. The van der Waals surface area contributed by atoms with E-state index in [1.165, 1.54) is 18.4 Å². The molecule has 94 valence electrons. The van der Waals surface area contributed by atoms with Crippen LogP contribution in [-0.2, 0) is 4.74 Å². The molecule has 0 saturated carbocycles. The Balaban J connectivity index is 2.66. The van der Waals surface area contributed by atoms with Crippen molar-refractivity contribution in [1.82, 2.24) is 9.97 Å². The molecule has 0 aliphatic carbocycles. The first-order chi connectivity index (χ1) is 8.52. The number of aromatic amines is 1. The quantitative estimate of drug-likeness (QED) is 0.677. The van der Waals surface area contributed by atoms with E-state index in [-0.39, 0.29) is 5.97 Å². The number of carbonyl (C=O) groups excluding carboxylic acids is 1. The van der Waals surface area contributed by atoms with Crippen molar-refractivity contribution in [2.75, 3.05) is 7.11 Å². The Morgan fingerprint density at radius 3 is 2.83 bits per heavy atom. The van der Waals surface area contributed by atoms with Crippen molar-refractivity contribution in [3.05, 3.63) is 32.4 Å². The van der Waals surface area contributed by atoms with Crippen LogP contribution in [0.4, 0.5) is 0 Å². The lowest BCUT2D eigenvalue weighted by molar-refractivity contribution is 0.0607. The van der Waals surface area contributed by atoms with Gasteiger partial charge in [-0.15, -0.1) is 11.3 Å². The van der Waals surface area contributed by atoms with Crippen LogP contribution >= 0.6 is 23.6 Å². The summed E-state index contributed by atoms with van der Waals surface area (Å²) in [5.74, 6) is -0.346. The van der Waals surface area contributed by atoms with E-state index in [0.717, 1.165) is 16.8 Å². The molecule has 2 heterocycles. The predicted octanol–water partition coefficient (Wildman–Crippen LogP) is 3.27. The number of hydrogen-bond donors (Lipinski definition) is 1. The van der Waals surface area contributed by atoms with Crippen molar-refractivity contribution < 1.29 is 9.53 Å². The van der Waals surface area contributed by atoms with Crippen molar-refractivity contribution in [2.24, 2.45) is 0 Å². The minimum absolute atomic E-state index is 0.346. The van der Waals surface area contributed by atoms with Crippen LogP contribution in [0, 0.1) is 18.6 Å². The molecule has 0 amide bonds. The third-order valence-corrected chi connectivity index (χ3v) is 3.75. The molecule has 0 aliphatic rings. The van der Waals surface area contributed by atoms with Crippen LogP contribution in [0.1, 0.15) is 20.9 Å². The fraction of sp³-hybridized carbons (Fsp3) is 0.250. The Hall–Kier alpha value is -1.53. The zero-order valence-electron chi connectivity index (χ0n) is 10.2. The van der Waals surface area contributed by atoms with Crippen molar-refractivity contribution >= 4 is 29.5 Å². The highest BCUT2D eigenvalue weighted by atomic mass is 32.1. The van der Waals surface area contributed by atoms with E-state index in [4.69, 9.17) is 17.0 Å². The summed E-state index contributed by atoms with van der Waals surface area (Å²) >= 11 is 6.42. The fourth-order valence-electron chi connectivity index (χ4n) is 1.71. The highest BCUT2D eigenvalue weighted by Gasteiger charge is 2.19. The number of methoxy groups -OCH3 is 1. The van der Waals surface area contributed by atoms with Gasteiger partial charge in [0.2, 0.25) is 0 Å². The van der Waals surface area contributed by atoms with Gasteiger partial charge in [-0.3, -0.25) is 0 Å². The summed E-state index contributed by atoms with van der Waals surface area (Å²) in [5.41, 5.74) is 3.41. The average molecular weight is 280 g/mol. The summed E-state index contributed by atoms with van der Waals surface area (Å²) in [6.45, 7) is 3.84. The maximum absolute atomic E-state index is 11.7. The van der Waals surface area contributed by atoms with Gasteiger partial charge in [0.25, 0.3) is 0 Å². The van der Waals surface area contributed by atoms with Gasteiger partial charge in [-0.2, -0.15) is 0 Å².